The summed E-state index contributed by atoms with van der Waals surface area (Å²) in [5.41, 5.74) is 1.95. The zero-order valence-corrected chi connectivity index (χ0v) is 9.71. The third-order valence-electron chi connectivity index (χ3n) is 2.21. The molecule has 0 fully saturated rings. The molecule has 0 saturated heterocycles. The zero-order valence-electron chi connectivity index (χ0n) is 8.96. The van der Waals surface area contributed by atoms with E-state index < -0.39 is 6.10 Å². The van der Waals surface area contributed by atoms with Crippen LogP contribution in [-0.4, -0.2) is 6.10 Å². The number of alkyl halides is 1. The van der Waals surface area contributed by atoms with Crippen LogP contribution in [0.3, 0.4) is 0 Å². The molecule has 0 bridgehead atoms. The summed E-state index contributed by atoms with van der Waals surface area (Å²) >= 11 is 5.81. The number of halogens is 1. The minimum absolute atomic E-state index is 0.395. The Labute approximate surface area is 95.4 Å². The SMILES string of the molecule is CCC(C#N)Oc1c(C)cccc1CCl. The van der Waals surface area contributed by atoms with Crippen molar-refractivity contribution >= 4 is 11.6 Å². The molecular formula is C12H14ClNO. The molecule has 1 aromatic carbocycles. The molecule has 2 nitrogen and oxygen atoms in total. The fraction of sp³-hybridized carbons (Fsp3) is 0.417. The summed E-state index contributed by atoms with van der Waals surface area (Å²) in [7, 11) is 0. The van der Waals surface area contributed by atoms with Crippen LogP contribution in [0.25, 0.3) is 0 Å². The van der Waals surface area contributed by atoms with E-state index in [9.17, 15) is 0 Å². The smallest absolute Gasteiger partial charge is 0.184 e. The molecule has 0 aliphatic rings. The maximum Gasteiger partial charge on any atom is 0.184 e. The van der Waals surface area contributed by atoms with E-state index in [1.165, 1.54) is 0 Å². The minimum atomic E-state index is -0.395. The Morgan fingerprint density at radius 2 is 2.27 bits per heavy atom. The van der Waals surface area contributed by atoms with Crippen molar-refractivity contribution in [3.8, 4) is 11.8 Å². The van der Waals surface area contributed by atoms with Crippen molar-refractivity contribution in [3.63, 3.8) is 0 Å². The van der Waals surface area contributed by atoms with Crippen LogP contribution >= 0.6 is 11.6 Å². The lowest BCUT2D eigenvalue weighted by atomic mass is 10.1. The molecule has 0 radical (unpaired) electrons. The second-order valence-corrected chi connectivity index (χ2v) is 3.61. The van der Waals surface area contributed by atoms with Gasteiger partial charge < -0.3 is 4.74 Å². The highest BCUT2D eigenvalue weighted by atomic mass is 35.5. The molecule has 1 aromatic rings. The van der Waals surface area contributed by atoms with Gasteiger partial charge in [-0.3, -0.25) is 0 Å². The number of aryl methyl sites for hydroxylation is 1. The molecule has 0 heterocycles. The number of nitrogens with zero attached hydrogens (tertiary/aromatic N) is 1. The van der Waals surface area contributed by atoms with Crippen LogP contribution in [0.15, 0.2) is 18.2 Å². The average Bonchev–Trinajstić information content (AvgIpc) is 2.27. The van der Waals surface area contributed by atoms with Crippen LogP contribution in [0.5, 0.6) is 5.75 Å². The second kappa shape index (κ2) is 5.63. The first-order valence-electron chi connectivity index (χ1n) is 4.93. The Hall–Kier alpha value is -1.20. The minimum Gasteiger partial charge on any atom is -0.475 e. The topological polar surface area (TPSA) is 33.0 Å². The lowest BCUT2D eigenvalue weighted by Crippen LogP contribution is -2.14. The van der Waals surface area contributed by atoms with Gasteiger partial charge in [-0.1, -0.05) is 25.1 Å². The third-order valence-corrected chi connectivity index (χ3v) is 2.50. The number of nitriles is 1. The molecule has 80 valence electrons. The number of ether oxygens (including phenoxy) is 1. The highest BCUT2D eigenvalue weighted by Gasteiger charge is 2.11. The lowest BCUT2D eigenvalue weighted by Gasteiger charge is -2.15. The molecule has 1 rings (SSSR count). The van der Waals surface area contributed by atoms with Gasteiger partial charge in [0.05, 0.1) is 5.88 Å². The maximum atomic E-state index is 8.83. The van der Waals surface area contributed by atoms with Crippen LogP contribution in [0.2, 0.25) is 0 Å². The summed E-state index contributed by atoms with van der Waals surface area (Å²) in [5.74, 6) is 1.15. The maximum absolute atomic E-state index is 8.83. The number of rotatable bonds is 4. The standard InChI is InChI=1S/C12H14ClNO/c1-3-11(8-14)15-12-9(2)5-4-6-10(12)7-13/h4-6,11H,3,7H2,1-2H3. The Kier molecular flexibility index (Phi) is 4.45. The van der Waals surface area contributed by atoms with E-state index in [0.29, 0.717) is 12.3 Å². The van der Waals surface area contributed by atoms with Crippen LogP contribution in [-0.2, 0) is 5.88 Å². The molecule has 1 unspecified atom stereocenters. The molecule has 0 aromatic heterocycles. The largest absolute Gasteiger partial charge is 0.475 e. The van der Waals surface area contributed by atoms with Gasteiger partial charge in [0.2, 0.25) is 0 Å². The molecule has 0 aliphatic carbocycles. The Balaban J connectivity index is 2.97. The highest BCUT2D eigenvalue weighted by molar-refractivity contribution is 6.17. The summed E-state index contributed by atoms with van der Waals surface area (Å²) in [6, 6.07) is 7.92. The summed E-state index contributed by atoms with van der Waals surface area (Å²) in [6.45, 7) is 3.88. The van der Waals surface area contributed by atoms with Gasteiger partial charge in [-0.25, -0.2) is 0 Å². The summed E-state index contributed by atoms with van der Waals surface area (Å²) in [4.78, 5) is 0. The molecule has 0 N–H and O–H groups in total. The summed E-state index contributed by atoms with van der Waals surface area (Å²) < 4.78 is 5.62. The number of benzene rings is 1. The highest BCUT2D eigenvalue weighted by Crippen LogP contribution is 2.26. The van der Waals surface area contributed by atoms with Crippen molar-refractivity contribution in [1.29, 1.82) is 5.26 Å². The van der Waals surface area contributed by atoms with Gasteiger partial charge in [0.1, 0.15) is 11.8 Å². The van der Waals surface area contributed by atoms with Crippen LogP contribution in [0, 0.1) is 18.3 Å². The molecule has 3 heteroatoms. The van der Waals surface area contributed by atoms with E-state index in [1.54, 1.807) is 0 Å². The zero-order chi connectivity index (χ0) is 11.3. The second-order valence-electron chi connectivity index (χ2n) is 3.34. The number of hydrogen-bond donors (Lipinski definition) is 0. The monoisotopic (exact) mass is 223 g/mol. The van der Waals surface area contributed by atoms with Gasteiger partial charge in [-0.2, -0.15) is 5.26 Å². The van der Waals surface area contributed by atoms with E-state index in [1.807, 2.05) is 32.0 Å². The fourth-order valence-corrected chi connectivity index (χ4v) is 1.54. The van der Waals surface area contributed by atoms with Crippen molar-refractivity contribution in [2.75, 3.05) is 0 Å². The average molecular weight is 224 g/mol. The van der Waals surface area contributed by atoms with Crippen molar-refractivity contribution < 1.29 is 4.74 Å². The molecule has 0 amide bonds. The van der Waals surface area contributed by atoms with E-state index >= 15 is 0 Å². The fourth-order valence-electron chi connectivity index (χ4n) is 1.33. The number of hydrogen-bond acceptors (Lipinski definition) is 2. The van der Waals surface area contributed by atoms with E-state index in [4.69, 9.17) is 21.6 Å². The van der Waals surface area contributed by atoms with Crippen molar-refractivity contribution in [2.45, 2.75) is 32.3 Å². The Morgan fingerprint density at radius 1 is 1.53 bits per heavy atom. The lowest BCUT2D eigenvalue weighted by molar-refractivity contribution is 0.248. The summed E-state index contributed by atoms with van der Waals surface area (Å²) in [5, 5.41) is 8.83. The number of para-hydroxylation sites is 1. The van der Waals surface area contributed by atoms with Gasteiger partial charge in [0, 0.05) is 5.56 Å². The normalized spacial score (nSPS) is 11.9. The van der Waals surface area contributed by atoms with E-state index in [-0.39, 0.29) is 0 Å². The quantitative estimate of drug-likeness (QED) is 0.733. The molecule has 1 atom stereocenters. The van der Waals surface area contributed by atoms with Gasteiger partial charge in [-0.05, 0) is 18.9 Å². The molecule has 0 saturated carbocycles. The van der Waals surface area contributed by atoms with Crippen LogP contribution in [0.4, 0.5) is 0 Å². The van der Waals surface area contributed by atoms with Crippen LogP contribution < -0.4 is 4.74 Å². The third kappa shape index (κ3) is 2.87. The molecule has 0 aliphatic heterocycles. The first kappa shape index (κ1) is 11.9. The van der Waals surface area contributed by atoms with Crippen molar-refractivity contribution in [2.24, 2.45) is 0 Å². The van der Waals surface area contributed by atoms with E-state index in [2.05, 4.69) is 6.07 Å². The first-order valence-corrected chi connectivity index (χ1v) is 5.47. The molecule has 0 spiro atoms. The van der Waals surface area contributed by atoms with Crippen LogP contribution in [0.1, 0.15) is 24.5 Å². The van der Waals surface area contributed by atoms with Crippen molar-refractivity contribution in [1.82, 2.24) is 0 Å². The molecule has 15 heavy (non-hydrogen) atoms. The van der Waals surface area contributed by atoms with Gasteiger partial charge in [0.15, 0.2) is 6.10 Å². The molecular weight excluding hydrogens is 210 g/mol. The predicted octanol–water partition coefficient (Wildman–Crippen LogP) is 3.41. The Bertz CT molecular complexity index is 370. The van der Waals surface area contributed by atoms with Gasteiger partial charge in [-0.15, -0.1) is 11.6 Å². The summed E-state index contributed by atoms with van der Waals surface area (Å²) in [6.07, 6.45) is 0.278. The van der Waals surface area contributed by atoms with E-state index in [0.717, 1.165) is 16.9 Å². The van der Waals surface area contributed by atoms with Gasteiger partial charge >= 0.3 is 0 Å². The Morgan fingerprint density at radius 3 is 2.80 bits per heavy atom. The first-order chi connectivity index (χ1) is 7.22. The van der Waals surface area contributed by atoms with Crippen molar-refractivity contribution in [3.05, 3.63) is 29.3 Å². The van der Waals surface area contributed by atoms with Gasteiger partial charge in [0.25, 0.3) is 0 Å². The predicted molar refractivity (Wildman–Crippen MR) is 61.1 cm³/mol.